The van der Waals surface area contributed by atoms with Crippen LogP contribution in [0.4, 0.5) is 0 Å². The average Bonchev–Trinajstić information content (AvgIpc) is 2.78. The molecule has 0 bridgehead atoms. The lowest BCUT2D eigenvalue weighted by molar-refractivity contribution is -0.146. The van der Waals surface area contributed by atoms with Gasteiger partial charge in [-0.2, -0.15) is 0 Å². The zero-order valence-electron chi connectivity index (χ0n) is 8.84. The Morgan fingerprint density at radius 1 is 1.38 bits per heavy atom. The minimum Gasteiger partial charge on any atom is -0.341 e. The highest BCUT2D eigenvalue weighted by Gasteiger charge is 2.46. The summed E-state index contributed by atoms with van der Waals surface area (Å²) in [5.41, 5.74) is 0.393. The normalized spacial score (nSPS) is 26.0. The number of hydrogen-bond acceptors (Lipinski definition) is 1. The Labute approximate surface area is 80.3 Å². The van der Waals surface area contributed by atoms with Gasteiger partial charge in [0.05, 0.1) is 0 Å². The van der Waals surface area contributed by atoms with E-state index < -0.39 is 0 Å². The Morgan fingerprint density at radius 2 is 1.92 bits per heavy atom. The van der Waals surface area contributed by atoms with Crippen LogP contribution in [0.25, 0.3) is 0 Å². The fourth-order valence-corrected chi connectivity index (χ4v) is 1.94. The van der Waals surface area contributed by atoms with Crippen LogP contribution in [0.3, 0.4) is 0 Å². The number of hydrogen-bond donors (Lipinski definition) is 0. The molecule has 2 rings (SSSR count). The molecule has 74 valence electrons. The predicted molar refractivity (Wildman–Crippen MR) is 52.2 cm³/mol. The smallest absolute Gasteiger partial charge is 0.225 e. The first kappa shape index (κ1) is 9.04. The van der Waals surface area contributed by atoms with E-state index in [4.69, 9.17) is 0 Å². The molecule has 2 heteroatoms. The van der Waals surface area contributed by atoms with Crippen LogP contribution < -0.4 is 0 Å². The quantitative estimate of drug-likeness (QED) is 0.637. The van der Waals surface area contributed by atoms with Crippen LogP contribution in [-0.4, -0.2) is 23.9 Å². The van der Waals surface area contributed by atoms with E-state index in [9.17, 15) is 4.79 Å². The first-order chi connectivity index (χ1) is 6.03. The Morgan fingerprint density at radius 3 is 2.31 bits per heavy atom. The van der Waals surface area contributed by atoms with E-state index in [2.05, 4.69) is 20.8 Å². The molecule has 1 saturated heterocycles. The number of rotatable bonds is 2. The van der Waals surface area contributed by atoms with E-state index in [-0.39, 0.29) is 0 Å². The fourth-order valence-electron chi connectivity index (χ4n) is 1.94. The van der Waals surface area contributed by atoms with Crippen molar-refractivity contribution in [2.24, 2.45) is 17.3 Å². The highest BCUT2D eigenvalue weighted by atomic mass is 16.2. The maximum atomic E-state index is 11.6. The van der Waals surface area contributed by atoms with E-state index in [1.54, 1.807) is 0 Å². The highest BCUT2D eigenvalue weighted by molar-refractivity contribution is 5.81. The molecule has 1 saturated carbocycles. The van der Waals surface area contributed by atoms with E-state index in [1.807, 2.05) is 4.90 Å². The summed E-state index contributed by atoms with van der Waals surface area (Å²) in [6, 6.07) is 0. The van der Waals surface area contributed by atoms with Gasteiger partial charge in [-0.3, -0.25) is 4.79 Å². The number of nitrogens with zero attached hydrogens (tertiary/aromatic N) is 1. The minimum absolute atomic E-state index is 0.393. The zero-order chi connectivity index (χ0) is 9.64. The third-order valence-electron chi connectivity index (χ3n) is 3.74. The Hall–Kier alpha value is -0.530. The number of carbonyl (C=O) groups excluding carboxylic acids is 1. The van der Waals surface area contributed by atoms with Gasteiger partial charge in [-0.1, -0.05) is 20.8 Å². The number of amides is 1. The second-order valence-corrected chi connectivity index (χ2v) is 5.28. The molecule has 0 aromatic carbocycles. The maximum Gasteiger partial charge on any atom is 0.225 e. The molecule has 0 unspecified atom stereocenters. The molecule has 13 heavy (non-hydrogen) atoms. The zero-order valence-corrected chi connectivity index (χ0v) is 8.84. The second kappa shape index (κ2) is 2.73. The third kappa shape index (κ3) is 1.47. The van der Waals surface area contributed by atoms with Gasteiger partial charge in [-0.05, 0) is 18.8 Å². The molecule has 0 aromatic rings. The summed E-state index contributed by atoms with van der Waals surface area (Å²) in [6.07, 6.45) is 2.27. The third-order valence-corrected chi connectivity index (χ3v) is 3.74. The fraction of sp³-hybridized carbons (Fsp3) is 0.909. The summed E-state index contributed by atoms with van der Waals surface area (Å²) in [6.45, 7) is 8.76. The van der Waals surface area contributed by atoms with Crippen LogP contribution in [0.2, 0.25) is 0 Å². The number of carbonyl (C=O) groups is 1. The molecule has 0 aromatic heterocycles. The van der Waals surface area contributed by atoms with E-state index in [0.29, 0.717) is 23.2 Å². The van der Waals surface area contributed by atoms with E-state index in [0.717, 1.165) is 25.9 Å². The summed E-state index contributed by atoms with van der Waals surface area (Å²) in [5.74, 6) is 1.51. The second-order valence-electron chi connectivity index (χ2n) is 5.28. The van der Waals surface area contributed by atoms with Crippen molar-refractivity contribution < 1.29 is 4.79 Å². The van der Waals surface area contributed by atoms with Gasteiger partial charge in [-0.15, -0.1) is 0 Å². The molecule has 2 fully saturated rings. The Bertz CT molecular complexity index is 224. The van der Waals surface area contributed by atoms with Crippen LogP contribution in [0.15, 0.2) is 0 Å². The summed E-state index contributed by atoms with van der Waals surface area (Å²) in [4.78, 5) is 13.7. The summed E-state index contributed by atoms with van der Waals surface area (Å²) >= 11 is 0. The molecule has 2 aliphatic rings. The molecule has 0 N–H and O–H groups in total. The van der Waals surface area contributed by atoms with Crippen LogP contribution in [0, 0.1) is 17.3 Å². The molecule has 1 amide bonds. The van der Waals surface area contributed by atoms with Gasteiger partial charge in [0.1, 0.15) is 0 Å². The van der Waals surface area contributed by atoms with E-state index in [1.165, 1.54) is 0 Å². The van der Waals surface area contributed by atoms with Gasteiger partial charge >= 0.3 is 0 Å². The largest absolute Gasteiger partial charge is 0.341 e. The van der Waals surface area contributed by atoms with Gasteiger partial charge in [-0.25, -0.2) is 0 Å². The molecule has 0 atom stereocenters. The first-order valence-corrected chi connectivity index (χ1v) is 5.32. The van der Waals surface area contributed by atoms with Crippen molar-refractivity contribution in [2.45, 2.75) is 33.6 Å². The number of likely N-dealkylation sites (tertiary alicyclic amines) is 1. The minimum atomic E-state index is 0.393. The van der Waals surface area contributed by atoms with Gasteiger partial charge in [0.25, 0.3) is 0 Å². The van der Waals surface area contributed by atoms with Crippen LogP contribution in [-0.2, 0) is 4.79 Å². The maximum absolute atomic E-state index is 11.6. The van der Waals surface area contributed by atoms with Gasteiger partial charge in [0.2, 0.25) is 5.91 Å². The molecule has 0 spiro atoms. The van der Waals surface area contributed by atoms with Crippen LogP contribution >= 0.6 is 0 Å². The summed E-state index contributed by atoms with van der Waals surface area (Å²) in [5, 5.41) is 0. The Balaban J connectivity index is 1.86. The van der Waals surface area contributed by atoms with Crippen molar-refractivity contribution in [3.63, 3.8) is 0 Å². The topological polar surface area (TPSA) is 20.3 Å². The van der Waals surface area contributed by atoms with Gasteiger partial charge in [0.15, 0.2) is 0 Å². The Kier molecular flexibility index (Phi) is 1.90. The molecular formula is C11H19NO. The molecule has 1 aliphatic heterocycles. The average molecular weight is 181 g/mol. The van der Waals surface area contributed by atoms with Crippen molar-refractivity contribution in [3.8, 4) is 0 Å². The summed E-state index contributed by atoms with van der Waals surface area (Å²) in [7, 11) is 0. The molecule has 0 radical (unpaired) electrons. The van der Waals surface area contributed by atoms with Crippen molar-refractivity contribution in [2.75, 3.05) is 13.1 Å². The first-order valence-electron chi connectivity index (χ1n) is 5.32. The van der Waals surface area contributed by atoms with Gasteiger partial charge < -0.3 is 4.90 Å². The highest BCUT2D eigenvalue weighted by Crippen LogP contribution is 2.40. The van der Waals surface area contributed by atoms with Crippen LogP contribution in [0.1, 0.15) is 33.6 Å². The lowest BCUT2D eigenvalue weighted by Crippen LogP contribution is -2.59. The van der Waals surface area contributed by atoms with Gasteiger partial charge in [0, 0.05) is 24.4 Å². The standard InChI is InChI=1S/C11H19NO/c1-8(2)11(3)6-12(7-11)10(13)9-4-5-9/h8-9H,4-7H2,1-3H3. The molecule has 2 nitrogen and oxygen atoms in total. The van der Waals surface area contributed by atoms with Crippen molar-refractivity contribution >= 4 is 5.91 Å². The summed E-state index contributed by atoms with van der Waals surface area (Å²) < 4.78 is 0. The SMILES string of the molecule is CC(C)C1(C)CN(C(=O)C2CC2)C1. The lowest BCUT2D eigenvalue weighted by Gasteiger charge is -2.51. The van der Waals surface area contributed by atoms with Crippen LogP contribution in [0.5, 0.6) is 0 Å². The predicted octanol–water partition coefficient (Wildman–Crippen LogP) is 1.90. The molecule has 1 aliphatic carbocycles. The van der Waals surface area contributed by atoms with Crippen molar-refractivity contribution in [1.82, 2.24) is 4.90 Å². The van der Waals surface area contributed by atoms with Crippen molar-refractivity contribution in [1.29, 1.82) is 0 Å². The van der Waals surface area contributed by atoms with Crippen molar-refractivity contribution in [3.05, 3.63) is 0 Å². The monoisotopic (exact) mass is 181 g/mol. The van der Waals surface area contributed by atoms with E-state index >= 15 is 0 Å². The molecular weight excluding hydrogens is 162 g/mol. The molecule has 1 heterocycles. The lowest BCUT2D eigenvalue weighted by atomic mass is 9.72.